The molecule has 0 aliphatic heterocycles. The Labute approximate surface area is 174 Å². The van der Waals surface area contributed by atoms with E-state index in [-0.39, 0.29) is 5.56 Å². The van der Waals surface area contributed by atoms with Crippen LogP contribution < -0.4 is 15.6 Å². The zero-order chi connectivity index (χ0) is 20.9. The number of amides is 1. The van der Waals surface area contributed by atoms with Crippen molar-refractivity contribution in [2.45, 2.75) is 6.42 Å². The quantitative estimate of drug-likeness (QED) is 0.512. The summed E-state index contributed by atoms with van der Waals surface area (Å²) in [5.41, 5.74) is 2.26. The molecule has 1 amide bonds. The molecule has 4 aromatic rings. The normalized spacial score (nSPS) is 10.7. The Morgan fingerprint density at radius 2 is 1.70 bits per heavy atom. The Bertz CT molecular complexity index is 1260. The fourth-order valence-corrected chi connectivity index (χ4v) is 3.49. The molecule has 2 N–H and O–H groups in total. The second kappa shape index (κ2) is 8.66. The van der Waals surface area contributed by atoms with Gasteiger partial charge in [-0.2, -0.15) is 0 Å². The van der Waals surface area contributed by atoms with Crippen molar-refractivity contribution in [1.82, 2.24) is 10.3 Å². The van der Waals surface area contributed by atoms with Gasteiger partial charge in [-0.15, -0.1) is 0 Å². The minimum Gasteiger partial charge on any atom is -0.496 e. The monoisotopic (exact) mass is 398 g/mol. The minimum atomic E-state index is -0.407. The van der Waals surface area contributed by atoms with Crippen molar-refractivity contribution in [2.24, 2.45) is 0 Å². The van der Waals surface area contributed by atoms with Crippen molar-refractivity contribution in [3.63, 3.8) is 0 Å². The third kappa shape index (κ3) is 4.10. The number of para-hydroxylation sites is 1. The fourth-order valence-electron chi connectivity index (χ4n) is 3.49. The van der Waals surface area contributed by atoms with E-state index >= 15 is 0 Å². The highest BCUT2D eigenvalue weighted by Crippen LogP contribution is 2.22. The summed E-state index contributed by atoms with van der Waals surface area (Å²) in [4.78, 5) is 27.8. The predicted molar refractivity (Wildman–Crippen MR) is 119 cm³/mol. The Morgan fingerprint density at radius 1 is 0.933 bits per heavy atom. The van der Waals surface area contributed by atoms with Crippen LogP contribution in [0.2, 0.25) is 0 Å². The average molecular weight is 398 g/mol. The van der Waals surface area contributed by atoms with Crippen LogP contribution in [0.1, 0.15) is 15.9 Å². The van der Waals surface area contributed by atoms with Gasteiger partial charge in [-0.3, -0.25) is 9.59 Å². The van der Waals surface area contributed by atoms with Gasteiger partial charge in [-0.25, -0.2) is 0 Å². The molecule has 0 saturated carbocycles. The van der Waals surface area contributed by atoms with Gasteiger partial charge in [0.15, 0.2) is 0 Å². The molecule has 1 aromatic heterocycles. The smallest absolute Gasteiger partial charge is 0.261 e. The topological polar surface area (TPSA) is 71.2 Å². The van der Waals surface area contributed by atoms with Gasteiger partial charge in [-0.05, 0) is 52.6 Å². The summed E-state index contributed by atoms with van der Waals surface area (Å²) in [6.45, 7) is 0.408. The Balaban J connectivity index is 1.47. The van der Waals surface area contributed by atoms with E-state index in [1.165, 1.54) is 0 Å². The second-order valence-electron chi connectivity index (χ2n) is 6.99. The van der Waals surface area contributed by atoms with Crippen LogP contribution in [0.25, 0.3) is 22.0 Å². The Morgan fingerprint density at radius 3 is 2.50 bits per heavy atom. The molecule has 5 nitrogen and oxygen atoms in total. The largest absolute Gasteiger partial charge is 0.496 e. The van der Waals surface area contributed by atoms with Crippen LogP contribution in [0.15, 0.2) is 83.7 Å². The van der Waals surface area contributed by atoms with Gasteiger partial charge in [0.2, 0.25) is 0 Å². The first-order valence-electron chi connectivity index (χ1n) is 9.78. The van der Waals surface area contributed by atoms with Crippen LogP contribution in [-0.2, 0) is 6.42 Å². The third-order valence-corrected chi connectivity index (χ3v) is 5.09. The number of hydrogen-bond donors (Lipinski definition) is 2. The van der Waals surface area contributed by atoms with Crippen molar-refractivity contribution in [3.8, 4) is 17.0 Å². The van der Waals surface area contributed by atoms with E-state index in [1.54, 1.807) is 19.2 Å². The van der Waals surface area contributed by atoms with E-state index in [4.69, 9.17) is 4.74 Å². The van der Waals surface area contributed by atoms with Gasteiger partial charge >= 0.3 is 0 Å². The number of fused-ring (bicyclic) bond motifs is 1. The first-order chi connectivity index (χ1) is 14.7. The van der Waals surface area contributed by atoms with Gasteiger partial charge in [0.1, 0.15) is 11.3 Å². The summed E-state index contributed by atoms with van der Waals surface area (Å²) in [7, 11) is 1.62. The number of aromatic nitrogens is 1. The number of pyridine rings is 1. The lowest BCUT2D eigenvalue weighted by Gasteiger charge is -2.09. The zero-order valence-electron chi connectivity index (χ0n) is 16.6. The molecule has 0 aliphatic carbocycles. The number of nitrogens with one attached hydrogen (secondary N) is 2. The number of benzene rings is 3. The van der Waals surface area contributed by atoms with Crippen molar-refractivity contribution < 1.29 is 9.53 Å². The highest BCUT2D eigenvalue weighted by molar-refractivity contribution is 5.94. The molecular weight excluding hydrogens is 376 g/mol. The SMILES string of the molecule is COc1ccccc1CCNC(=O)c1ccc(-c2ccc3ccccc3c2)[nH]c1=O. The van der Waals surface area contributed by atoms with Crippen LogP contribution >= 0.6 is 0 Å². The molecule has 0 saturated heterocycles. The summed E-state index contributed by atoms with van der Waals surface area (Å²) in [5, 5.41) is 5.03. The minimum absolute atomic E-state index is 0.0968. The zero-order valence-corrected chi connectivity index (χ0v) is 16.6. The van der Waals surface area contributed by atoms with Gasteiger partial charge in [0.25, 0.3) is 11.5 Å². The number of carbonyl (C=O) groups is 1. The maximum Gasteiger partial charge on any atom is 0.261 e. The van der Waals surface area contributed by atoms with Crippen molar-refractivity contribution in [2.75, 3.05) is 13.7 Å². The molecule has 1 heterocycles. The number of H-pyrrole nitrogens is 1. The number of ether oxygens (including phenoxy) is 1. The molecule has 3 aromatic carbocycles. The Kier molecular flexibility index (Phi) is 5.61. The average Bonchev–Trinajstić information content (AvgIpc) is 2.79. The number of methoxy groups -OCH3 is 1. The van der Waals surface area contributed by atoms with E-state index in [0.717, 1.165) is 27.6 Å². The van der Waals surface area contributed by atoms with Gasteiger partial charge in [-0.1, -0.05) is 54.6 Å². The molecule has 0 atom stereocenters. The number of aromatic amines is 1. The molecule has 0 bridgehead atoms. The summed E-state index contributed by atoms with van der Waals surface area (Å²) in [5.74, 6) is 0.389. The van der Waals surface area contributed by atoms with E-state index in [0.29, 0.717) is 18.7 Å². The molecule has 0 spiro atoms. The van der Waals surface area contributed by atoms with E-state index in [1.807, 2.05) is 66.7 Å². The summed E-state index contributed by atoms with van der Waals surface area (Å²) in [6, 6.07) is 25.0. The summed E-state index contributed by atoms with van der Waals surface area (Å²) < 4.78 is 5.32. The number of rotatable bonds is 6. The summed E-state index contributed by atoms with van der Waals surface area (Å²) >= 11 is 0. The predicted octanol–water partition coefficient (Wildman–Crippen LogP) is 4.18. The lowest BCUT2D eigenvalue weighted by atomic mass is 10.0. The molecule has 0 unspecified atom stereocenters. The molecule has 0 aliphatic rings. The lowest BCUT2D eigenvalue weighted by molar-refractivity contribution is 0.0952. The van der Waals surface area contributed by atoms with Gasteiger partial charge in [0.05, 0.1) is 7.11 Å². The highest BCUT2D eigenvalue weighted by atomic mass is 16.5. The lowest BCUT2D eigenvalue weighted by Crippen LogP contribution is -2.31. The highest BCUT2D eigenvalue weighted by Gasteiger charge is 2.12. The maximum atomic E-state index is 12.5. The first-order valence-corrected chi connectivity index (χ1v) is 9.78. The van der Waals surface area contributed by atoms with Crippen molar-refractivity contribution in [3.05, 3.63) is 100 Å². The molecule has 150 valence electrons. The molecule has 5 heteroatoms. The van der Waals surface area contributed by atoms with Crippen LogP contribution in [0.5, 0.6) is 5.75 Å². The summed E-state index contributed by atoms with van der Waals surface area (Å²) in [6.07, 6.45) is 0.614. The van der Waals surface area contributed by atoms with E-state index in [2.05, 4.69) is 10.3 Å². The molecule has 4 rings (SSSR count). The maximum absolute atomic E-state index is 12.5. The van der Waals surface area contributed by atoms with E-state index < -0.39 is 11.5 Å². The van der Waals surface area contributed by atoms with Crippen molar-refractivity contribution in [1.29, 1.82) is 0 Å². The third-order valence-electron chi connectivity index (χ3n) is 5.09. The molecular formula is C25H22N2O3. The fraction of sp³-hybridized carbons (Fsp3) is 0.120. The standard InChI is InChI=1S/C25H22N2O3/c1-30-23-9-5-4-7-18(23)14-15-26-24(28)21-12-13-22(27-25(21)29)20-11-10-17-6-2-3-8-19(17)16-20/h2-13,16H,14-15H2,1H3,(H,26,28)(H,27,29). The van der Waals surface area contributed by atoms with Crippen LogP contribution in [0.4, 0.5) is 0 Å². The van der Waals surface area contributed by atoms with Crippen LogP contribution in [0.3, 0.4) is 0 Å². The van der Waals surface area contributed by atoms with Crippen LogP contribution in [0, 0.1) is 0 Å². The van der Waals surface area contributed by atoms with Crippen LogP contribution in [-0.4, -0.2) is 24.5 Å². The molecule has 0 radical (unpaired) electrons. The van der Waals surface area contributed by atoms with Gasteiger partial charge < -0.3 is 15.0 Å². The molecule has 0 fully saturated rings. The first kappa shape index (κ1) is 19.5. The van der Waals surface area contributed by atoms with Crippen molar-refractivity contribution >= 4 is 16.7 Å². The van der Waals surface area contributed by atoms with Gasteiger partial charge in [0, 0.05) is 12.2 Å². The number of carbonyl (C=O) groups excluding carboxylic acids is 1. The second-order valence-corrected chi connectivity index (χ2v) is 6.99. The molecule has 30 heavy (non-hydrogen) atoms. The Hall–Kier alpha value is -3.86. The number of hydrogen-bond acceptors (Lipinski definition) is 3. The van der Waals surface area contributed by atoms with E-state index in [9.17, 15) is 9.59 Å².